The summed E-state index contributed by atoms with van der Waals surface area (Å²) in [7, 11) is 0. The van der Waals surface area contributed by atoms with Gasteiger partial charge in [-0.3, -0.25) is 4.90 Å². The van der Waals surface area contributed by atoms with E-state index in [1.165, 1.54) is 18.4 Å². The highest BCUT2D eigenvalue weighted by atomic mass is 32.1. The quantitative estimate of drug-likeness (QED) is 0.856. The smallest absolute Gasteiger partial charge is 0.240 e. The molecule has 3 heterocycles. The van der Waals surface area contributed by atoms with Gasteiger partial charge in [-0.1, -0.05) is 19.0 Å². The van der Waals surface area contributed by atoms with Crippen LogP contribution < -0.4 is 0 Å². The monoisotopic (exact) mass is 277 g/mol. The molecule has 102 valence electrons. The number of nitrogens with zero attached hydrogens (tertiary/aromatic N) is 3. The van der Waals surface area contributed by atoms with Crippen LogP contribution in [-0.4, -0.2) is 21.6 Å². The third-order valence-electron chi connectivity index (χ3n) is 3.63. The number of hydrogen-bond donors (Lipinski definition) is 0. The summed E-state index contributed by atoms with van der Waals surface area (Å²) in [4.78, 5) is 6.92. The van der Waals surface area contributed by atoms with Crippen molar-refractivity contribution in [2.75, 3.05) is 6.54 Å². The zero-order valence-corrected chi connectivity index (χ0v) is 12.2. The van der Waals surface area contributed by atoms with Crippen molar-refractivity contribution in [1.29, 1.82) is 0 Å². The SMILES string of the molecule is CC(C)c1noc(CN2CCC[C@@H]2c2ccsc2)n1. The summed E-state index contributed by atoms with van der Waals surface area (Å²) in [5, 5.41) is 8.43. The van der Waals surface area contributed by atoms with Crippen LogP contribution in [0.25, 0.3) is 0 Å². The molecule has 1 fully saturated rings. The Labute approximate surface area is 117 Å². The Kier molecular flexibility index (Phi) is 3.66. The Morgan fingerprint density at radius 1 is 1.53 bits per heavy atom. The number of aromatic nitrogens is 2. The Morgan fingerprint density at radius 2 is 2.42 bits per heavy atom. The average Bonchev–Trinajstić information content (AvgIpc) is 3.09. The van der Waals surface area contributed by atoms with Crippen molar-refractivity contribution in [1.82, 2.24) is 15.0 Å². The van der Waals surface area contributed by atoms with E-state index >= 15 is 0 Å². The summed E-state index contributed by atoms with van der Waals surface area (Å²) in [5.74, 6) is 1.87. The van der Waals surface area contributed by atoms with E-state index in [2.05, 4.69) is 45.7 Å². The number of rotatable bonds is 4. The molecule has 0 bridgehead atoms. The number of hydrogen-bond acceptors (Lipinski definition) is 5. The fourth-order valence-corrected chi connectivity index (χ4v) is 3.31. The molecule has 0 amide bonds. The molecule has 0 aliphatic carbocycles. The minimum absolute atomic E-state index is 0.323. The first-order valence-electron chi connectivity index (χ1n) is 6.82. The van der Waals surface area contributed by atoms with Crippen LogP contribution in [0.4, 0.5) is 0 Å². The highest BCUT2D eigenvalue weighted by Gasteiger charge is 2.27. The van der Waals surface area contributed by atoms with Gasteiger partial charge >= 0.3 is 0 Å². The minimum atomic E-state index is 0.323. The molecule has 5 heteroatoms. The lowest BCUT2D eigenvalue weighted by atomic mass is 10.1. The van der Waals surface area contributed by atoms with E-state index in [9.17, 15) is 0 Å². The first-order valence-corrected chi connectivity index (χ1v) is 7.77. The molecule has 0 N–H and O–H groups in total. The normalized spacial score (nSPS) is 20.5. The van der Waals surface area contributed by atoms with E-state index < -0.39 is 0 Å². The number of thiophene rings is 1. The predicted molar refractivity (Wildman–Crippen MR) is 75.1 cm³/mol. The van der Waals surface area contributed by atoms with Crippen molar-refractivity contribution in [3.63, 3.8) is 0 Å². The molecule has 1 saturated heterocycles. The zero-order valence-electron chi connectivity index (χ0n) is 11.4. The first-order chi connectivity index (χ1) is 9.24. The Morgan fingerprint density at radius 3 is 3.11 bits per heavy atom. The highest BCUT2D eigenvalue weighted by molar-refractivity contribution is 7.07. The van der Waals surface area contributed by atoms with Gasteiger partial charge in [0.05, 0.1) is 6.54 Å². The van der Waals surface area contributed by atoms with E-state index in [0.29, 0.717) is 12.0 Å². The van der Waals surface area contributed by atoms with Crippen LogP contribution in [0, 0.1) is 0 Å². The van der Waals surface area contributed by atoms with Crippen LogP contribution in [0.2, 0.25) is 0 Å². The summed E-state index contributed by atoms with van der Waals surface area (Å²) in [6.07, 6.45) is 2.47. The van der Waals surface area contributed by atoms with Crippen molar-refractivity contribution in [2.45, 2.75) is 45.2 Å². The Hall–Kier alpha value is -1.20. The fourth-order valence-electron chi connectivity index (χ4n) is 2.60. The van der Waals surface area contributed by atoms with Gasteiger partial charge in [-0.25, -0.2) is 0 Å². The molecule has 0 unspecified atom stereocenters. The van der Waals surface area contributed by atoms with E-state index in [1.54, 1.807) is 11.3 Å². The van der Waals surface area contributed by atoms with Gasteiger partial charge in [0.2, 0.25) is 5.89 Å². The summed E-state index contributed by atoms with van der Waals surface area (Å²) >= 11 is 1.76. The minimum Gasteiger partial charge on any atom is -0.338 e. The van der Waals surface area contributed by atoms with Gasteiger partial charge in [0.15, 0.2) is 5.82 Å². The predicted octanol–water partition coefficient (Wildman–Crippen LogP) is 3.59. The lowest BCUT2D eigenvalue weighted by molar-refractivity contribution is 0.212. The second-order valence-corrected chi connectivity index (χ2v) is 6.17. The molecule has 0 radical (unpaired) electrons. The standard InChI is InChI=1S/C14H19N3OS/c1-10(2)14-15-13(18-16-14)8-17-6-3-4-12(17)11-5-7-19-9-11/h5,7,9-10,12H,3-4,6,8H2,1-2H3/t12-/m1/s1. The molecule has 0 saturated carbocycles. The summed E-state index contributed by atoms with van der Waals surface area (Å²) in [5.41, 5.74) is 1.42. The molecule has 2 aromatic heterocycles. The molecule has 4 nitrogen and oxygen atoms in total. The van der Waals surface area contributed by atoms with Crippen molar-refractivity contribution in [3.05, 3.63) is 34.1 Å². The molecular formula is C14H19N3OS. The van der Waals surface area contributed by atoms with Gasteiger partial charge in [0, 0.05) is 12.0 Å². The third kappa shape index (κ3) is 2.72. The molecule has 19 heavy (non-hydrogen) atoms. The Bertz CT molecular complexity index is 521. The van der Waals surface area contributed by atoms with Crippen LogP contribution in [-0.2, 0) is 6.54 Å². The second kappa shape index (κ2) is 5.43. The summed E-state index contributed by atoms with van der Waals surface area (Å²) < 4.78 is 5.35. The van der Waals surface area contributed by atoms with E-state index in [-0.39, 0.29) is 0 Å². The number of likely N-dealkylation sites (tertiary alicyclic amines) is 1. The summed E-state index contributed by atoms with van der Waals surface area (Å²) in [6, 6.07) is 2.74. The molecular weight excluding hydrogens is 258 g/mol. The van der Waals surface area contributed by atoms with E-state index in [4.69, 9.17) is 4.52 Å². The highest BCUT2D eigenvalue weighted by Crippen LogP contribution is 2.33. The first kappa shape index (κ1) is 12.8. The van der Waals surface area contributed by atoms with Gasteiger partial charge in [0.25, 0.3) is 0 Å². The van der Waals surface area contributed by atoms with Gasteiger partial charge in [-0.15, -0.1) is 0 Å². The molecule has 1 aliphatic rings. The average molecular weight is 277 g/mol. The van der Waals surface area contributed by atoms with Crippen LogP contribution in [0.3, 0.4) is 0 Å². The van der Waals surface area contributed by atoms with Crippen LogP contribution in [0.5, 0.6) is 0 Å². The topological polar surface area (TPSA) is 42.2 Å². The summed E-state index contributed by atoms with van der Waals surface area (Å²) in [6.45, 7) is 6.04. The molecule has 3 rings (SSSR count). The fraction of sp³-hybridized carbons (Fsp3) is 0.571. The van der Waals surface area contributed by atoms with E-state index in [1.807, 2.05) is 0 Å². The van der Waals surface area contributed by atoms with Gasteiger partial charge in [-0.05, 0) is 41.8 Å². The van der Waals surface area contributed by atoms with E-state index in [0.717, 1.165) is 24.8 Å². The maximum absolute atomic E-state index is 5.35. The zero-order chi connectivity index (χ0) is 13.2. The van der Waals surface area contributed by atoms with Crippen molar-refractivity contribution in [3.8, 4) is 0 Å². The second-order valence-electron chi connectivity index (χ2n) is 5.39. The molecule has 1 atom stereocenters. The van der Waals surface area contributed by atoms with Crippen molar-refractivity contribution >= 4 is 11.3 Å². The maximum atomic E-state index is 5.35. The lowest BCUT2D eigenvalue weighted by Gasteiger charge is -2.21. The van der Waals surface area contributed by atoms with Crippen LogP contribution >= 0.6 is 11.3 Å². The van der Waals surface area contributed by atoms with Crippen LogP contribution in [0.1, 0.15) is 55.9 Å². The van der Waals surface area contributed by atoms with Crippen molar-refractivity contribution < 1.29 is 4.52 Å². The van der Waals surface area contributed by atoms with Crippen molar-refractivity contribution in [2.24, 2.45) is 0 Å². The maximum Gasteiger partial charge on any atom is 0.240 e. The van der Waals surface area contributed by atoms with Gasteiger partial charge in [0.1, 0.15) is 0 Å². The Balaban J connectivity index is 1.71. The molecule has 0 spiro atoms. The van der Waals surface area contributed by atoms with Crippen LogP contribution in [0.15, 0.2) is 21.3 Å². The van der Waals surface area contributed by atoms with Gasteiger partial charge < -0.3 is 4.52 Å². The lowest BCUT2D eigenvalue weighted by Crippen LogP contribution is -2.22. The molecule has 0 aromatic carbocycles. The molecule has 2 aromatic rings. The molecule has 1 aliphatic heterocycles. The van der Waals surface area contributed by atoms with Gasteiger partial charge in [-0.2, -0.15) is 16.3 Å². The third-order valence-corrected chi connectivity index (χ3v) is 4.33. The largest absolute Gasteiger partial charge is 0.338 e.